The van der Waals surface area contributed by atoms with Crippen LogP contribution in [0.1, 0.15) is 174 Å². The average molecular weight is 793 g/mol. The van der Waals surface area contributed by atoms with Crippen LogP contribution in [-0.2, 0) is 27.9 Å². The summed E-state index contributed by atoms with van der Waals surface area (Å²) in [6, 6.07) is 0. The standard InChI is InChI=1S/C41H77O12P/c1-3-5-7-9-11-13-15-17-19-21-23-25-27-29-31-50-32-34(33-51-54(48,49)53-41-39(46)37(44)36(43)38(45)40(41)47)52-35(42)30-28-26-24-22-20-18-16-14-12-10-8-6-4-2/h14,16,29,31,34,36-41,43-47H,3-13,15,17-28,30,32-33H2,1-2H3,(H,48,49)/b16-14-,31-29-/t34-,36?,37-,38?,39?,40?,41?/m1/s1. The molecule has 0 heterocycles. The van der Waals surface area contributed by atoms with Crippen LogP contribution in [0.3, 0.4) is 0 Å². The zero-order chi connectivity index (χ0) is 39.9. The van der Waals surface area contributed by atoms with Gasteiger partial charge in [-0.3, -0.25) is 13.8 Å². The van der Waals surface area contributed by atoms with Crippen molar-refractivity contribution < 1.29 is 58.3 Å². The molecule has 0 saturated heterocycles. The van der Waals surface area contributed by atoms with Gasteiger partial charge in [0.2, 0.25) is 0 Å². The van der Waals surface area contributed by atoms with Gasteiger partial charge in [-0.15, -0.1) is 0 Å². The summed E-state index contributed by atoms with van der Waals surface area (Å²) in [4.78, 5) is 23.0. The van der Waals surface area contributed by atoms with Gasteiger partial charge in [0.05, 0.1) is 12.9 Å². The zero-order valence-electron chi connectivity index (χ0n) is 33.5. The van der Waals surface area contributed by atoms with E-state index in [4.69, 9.17) is 18.5 Å². The lowest BCUT2D eigenvalue weighted by Gasteiger charge is -2.41. The molecule has 318 valence electrons. The van der Waals surface area contributed by atoms with Crippen molar-refractivity contribution in [2.45, 2.75) is 217 Å². The van der Waals surface area contributed by atoms with E-state index in [0.717, 1.165) is 57.8 Å². The number of carbonyl (C=O) groups excluding carboxylic acids is 1. The SMILES string of the molecule is CCCCCC/C=C\CCCCCCCC(=O)O[C@H](CO/C=C\CCCCCCCCCCCCCC)COP(=O)(O)OC1C(O)C(O)C(O)[C@@H](O)C1O. The second kappa shape index (κ2) is 32.7. The molecule has 54 heavy (non-hydrogen) atoms. The third-order valence-corrected chi connectivity index (χ3v) is 10.9. The Labute approximate surface area is 326 Å². The Hall–Kier alpha value is -1.34. The van der Waals surface area contributed by atoms with Crippen molar-refractivity contribution in [1.29, 1.82) is 0 Å². The number of allylic oxidation sites excluding steroid dienone is 3. The summed E-state index contributed by atoms with van der Waals surface area (Å²) in [6.45, 7) is 3.69. The van der Waals surface area contributed by atoms with E-state index in [2.05, 4.69) is 26.0 Å². The fourth-order valence-corrected chi connectivity index (χ4v) is 7.41. The third-order valence-electron chi connectivity index (χ3n) is 9.89. The number of unbranched alkanes of at least 4 members (excludes halogenated alkanes) is 21. The van der Waals surface area contributed by atoms with Gasteiger partial charge < -0.3 is 39.9 Å². The van der Waals surface area contributed by atoms with E-state index < -0.39 is 63.1 Å². The minimum Gasteiger partial charge on any atom is -0.498 e. The quantitative estimate of drug-likeness (QED) is 0.0119. The average Bonchev–Trinajstić information content (AvgIpc) is 3.15. The maximum absolute atomic E-state index is 12.8. The summed E-state index contributed by atoms with van der Waals surface area (Å²) in [7, 11) is -5.03. The molecule has 0 aromatic heterocycles. The first-order chi connectivity index (χ1) is 26.0. The van der Waals surface area contributed by atoms with Crippen LogP contribution >= 0.6 is 7.82 Å². The van der Waals surface area contributed by atoms with Gasteiger partial charge in [-0.1, -0.05) is 135 Å². The van der Waals surface area contributed by atoms with Gasteiger partial charge in [0.15, 0.2) is 6.10 Å². The highest BCUT2D eigenvalue weighted by atomic mass is 31.2. The van der Waals surface area contributed by atoms with Crippen molar-refractivity contribution in [1.82, 2.24) is 0 Å². The van der Waals surface area contributed by atoms with E-state index in [1.165, 1.54) is 96.2 Å². The molecule has 1 aliphatic carbocycles. The maximum Gasteiger partial charge on any atom is 0.472 e. The molecule has 0 aromatic carbocycles. The molecule has 0 amide bonds. The molecule has 1 saturated carbocycles. The van der Waals surface area contributed by atoms with Crippen LogP contribution < -0.4 is 0 Å². The van der Waals surface area contributed by atoms with E-state index >= 15 is 0 Å². The van der Waals surface area contributed by atoms with Crippen LogP contribution in [0.4, 0.5) is 0 Å². The van der Waals surface area contributed by atoms with Crippen molar-refractivity contribution in [3.63, 3.8) is 0 Å². The normalized spacial score (nSPS) is 23.6. The Morgan fingerprint density at radius 3 is 1.48 bits per heavy atom. The summed E-state index contributed by atoms with van der Waals surface area (Å²) >= 11 is 0. The van der Waals surface area contributed by atoms with E-state index in [0.29, 0.717) is 6.42 Å². The van der Waals surface area contributed by atoms with Crippen molar-refractivity contribution in [3.05, 3.63) is 24.5 Å². The highest BCUT2D eigenvalue weighted by Crippen LogP contribution is 2.47. The van der Waals surface area contributed by atoms with Gasteiger partial charge in [0, 0.05) is 6.42 Å². The lowest BCUT2D eigenvalue weighted by molar-refractivity contribution is -0.220. The van der Waals surface area contributed by atoms with Crippen LogP contribution in [0.2, 0.25) is 0 Å². The number of rotatable bonds is 35. The molecular formula is C41H77O12P. The molecule has 6 unspecified atom stereocenters. The molecule has 0 radical (unpaired) electrons. The lowest BCUT2D eigenvalue weighted by Crippen LogP contribution is -2.64. The van der Waals surface area contributed by atoms with Crippen molar-refractivity contribution in [2.75, 3.05) is 13.2 Å². The number of hydrogen-bond acceptors (Lipinski definition) is 11. The van der Waals surface area contributed by atoms with Crippen LogP contribution in [0.25, 0.3) is 0 Å². The summed E-state index contributed by atoms with van der Waals surface area (Å²) < 4.78 is 33.8. The molecule has 1 fully saturated rings. The van der Waals surface area contributed by atoms with Gasteiger partial charge in [0.1, 0.15) is 43.2 Å². The van der Waals surface area contributed by atoms with E-state index in [1.54, 1.807) is 0 Å². The van der Waals surface area contributed by atoms with Crippen molar-refractivity contribution in [2.24, 2.45) is 0 Å². The zero-order valence-corrected chi connectivity index (χ0v) is 34.4. The molecular weight excluding hydrogens is 715 g/mol. The lowest BCUT2D eigenvalue weighted by atomic mass is 9.85. The van der Waals surface area contributed by atoms with Gasteiger partial charge in [0.25, 0.3) is 0 Å². The predicted octanol–water partition coefficient (Wildman–Crippen LogP) is 8.10. The van der Waals surface area contributed by atoms with Crippen LogP contribution in [0, 0.1) is 0 Å². The van der Waals surface area contributed by atoms with E-state index in [-0.39, 0.29) is 13.0 Å². The summed E-state index contributed by atoms with van der Waals surface area (Å²) in [5, 5.41) is 50.0. The van der Waals surface area contributed by atoms with Crippen molar-refractivity contribution in [3.8, 4) is 0 Å². The monoisotopic (exact) mass is 793 g/mol. The van der Waals surface area contributed by atoms with Crippen LogP contribution in [0.5, 0.6) is 0 Å². The molecule has 12 nitrogen and oxygen atoms in total. The molecule has 6 N–H and O–H groups in total. The fourth-order valence-electron chi connectivity index (χ4n) is 6.43. The Balaban J connectivity index is 2.47. The Kier molecular flexibility index (Phi) is 30.7. The molecule has 0 aromatic rings. The number of phosphoric acid groups is 1. The maximum atomic E-state index is 12.8. The first-order valence-electron chi connectivity index (χ1n) is 21.2. The number of aliphatic hydroxyl groups excluding tert-OH is 5. The first-order valence-corrected chi connectivity index (χ1v) is 22.7. The number of hydrogen-bond donors (Lipinski definition) is 6. The van der Waals surface area contributed by atoms with Gasteiger partial charge >= 0.3 is 13.8 Å². The molecule has 0 spiro atoms. The molecule has 13 heteroatoms. The minimum atomic E-state index is -5.03. The predicted molar refractivity (Wildman–Crippen MR) is 212 cm³/mol. The second-order valence-corrected chi connectivity index (χ2v) is 16.3. The fraction of sp³-hybridized carbons (Fsp3) is 0.878. The Morgan fingerprint density at radius 1 is 0.574 bits per heavy atom. The smallest absolute Gasteiger partial charge is 0.472 e. The molecule has 0 bridgehead atoms. The summed E-state index contributed by atoms with van der Waals surface area (Å²) in [5.41, 5.74) is 0. The van der Waals surface area contributed by atoms with Gasteiger partial charge in [-0.05, 0) is 51.0 Å². The second-order valence-electron chi connectivity index (χ2n) is 14.9. The number of phosphoric ester groups is 1. The number of esters is 1. The molecule has 8 atom stereocenters. The van der Waals surface area contributed by atoms with Crippen LogP contribution in [-0.4, -0.2) is 92.3 Å². The van der Waals surface area contributed by atoms with Crippen molar-refractivity contribution >= 4 is 13.8 Å². The number of ether oxygens (including phenoxy) is 2. The van der Waals surface area contributed by atoms with E-state index in [1.807, 2.05) is 6.08 Å². The van der Waals surface area contributed by atoms with E-state index in [9.17, 15) is 39.8 Å². The largest absolute Gasteiger partial charge is 0.498 e. The highest BCUT2D eigenvalue weighted by molar-refractivity contribution is 7.47. The third kappa shape index (κ3) is 25.0. The van der Waals surface area contributed by atoms with Crippen LogP contribution in [0.15, 0.2) is 24.5 Å². The minimum absolute atomic E-state index is 0.162. The Bertz CT molecular complexity index is 995. The highest BCUT2D eigenvalue weighted by Gasteiger charge is 2.51. The first kappa shape index (κ1) is 50.7. The molecule has 1 rings (SSSR count). The summed E-state index contributed by atoms with van der Waals surface area (Å²) in [6.07, 6.45) is 23.3. The molecule has 0 aliphatic heterocycles. The van der Waals surface area contributed by atoms with Gasteiger partial charge in [-0.25, -0.2) is 4.57 Å². The number of carbonyl (C=O) groups is 1. The summed E-state index contributed by atoms with van der Waals surface area (Å²) in [5.74, 6) is -0.509. The van der Waals surface area contributed by atoms with Gasteiger partial charge in [-0.2, -0.15) is 0 Å². The number of aliphatic hydroxyl groups is 5. The Morgan fingerprint density at radius 2 is 0.981 bits per heavy atom. The molecule has 1 aliphatic rings. The topological polar surface area (TPSA) is 192 Å².